The number of para-hydroxylation sites is 1. The second-order valence-corrected chi connectivity index (χ2v) is 5.59. The molecule has 17 heavy (non-hydrogen) atoms. The van der Waals surface area contributed by atoms with Crippen molar-refractivity contribution < 1.29 is 0 Å². The normalized spacial score (nSPS) is 16.9. The van der Waals surface area contributed by atoms with E-state index in [2.05, 4.69) is 53.2 Å². The Balaban J connectivity index is 2.11. The van der Waals surface area contributed by atoms with Crippen molar-refractivity contribution >= 4 is 17.4 Å². The van der Waals surface area contributed by atoms with Gasteiger partial charge in [0.15, 0.2) is 0 Å². The van der Waals surface area contributed by atoms with E-state index in [-0.39, 0.29) is 0 Å². The molecule has 0 amide bonds. The van der Waals surface area contributed by atoms with Crippen molar-refractivity contribution in [1.29, 1.82) is 0 Å². The maximum atomic E-state index is 3.43. The van der Waals surface area contributed by atoms with Crippen molar-refractivity contribution in [2.45, 2.75) is 19.9 Å². The highest BCUT2D eigenvalue weighted by molar-refractivity contribution is 7.99. The van der Waals surface area contributed by atoms with Gasteiger partial charge in [0.05, 0.1) is 0 Å². The maximum Gasteiger partial charge on any atom is 0.0412 e. The molecule has 0 atom stereocenters. The maximum absolute atomic E-state index is 3.43. The van der Waals surface area contributed by atoms with Gasteiger partial charge < -0.3 is 10.2 Å². The topological polar surface area (TPSA) is 15.3 Å². The van der Waals surface area contributed by atoms with Crippen molar-refractivity contribution in [3.8, 4) is 0 Å². The lowest BCUT2D eigenvalue weighted by Crippen LogP contribution is -2.27. The first-order valence-electron chi connectivity index (χ1n) is 6.53. The number of thioether (sulfide) groups is 1. The van der Waals surface area contributed by atoms with E-state index in [1.807, 2.05) is 0 Å². The predicted molar refractivity (Wildman–Crippen MR) is 78.0 cm³/mol. The molecule has 1 saturated heterocycles. The van der Waals surface area contributed by atoms with Crippen molar-refractivity contribution in [3.05, 3.63) is 29.8 Å². The van der Waals surface area contributed by atoms with Crippen LogP contribution in [0.15, 0.2) is 24.3 Å². The second kappa shape index (κ2) is 6.92. The van der Waals surface area contributed by atoms with Gasteiger partial charge in [-0.1, -0.05) is 25.1 Å². The molecule has 3 heteroatoms. The summed E-state index contributed by atoms with van der Waals surface area (Å²) in [6.07, 6.45) is 1.31. The number of rotatable bonds is 4. The summed E-state index contributed by atoms with van der Waals surface area (Å²) in [6, 6.07) is 8.81. The Morgan fingerprint density at radius 1 is 1.24 bits per heavy atom. The zero-order valence-electron chi connectivity index (χ0n) is 10.6. The van der Waals surface area contributed by atoms with Crippen LogP contribution in [0.25, 0.3) is 0 Å². The van der Waals surface area contributed by atoms with E-state index < -0.39 is 0 Å². The van der Waals surface area contributed by atoms with E-state index in [9.17, 15) is 0 Å². The molecular weight excluding hydrogens is 228 g/mol. The van der Waals surface area contributed by atoms with E-state index in [1.54, 1.807) is 0 Å². The van der Waals surface area contributed by atoms with Crippen LogP contribution in [0.5, 0.6) is 0 Å². The molecule has 2 rings (SSSR count). The first-order valence-corrected chi connectivity index (χ1v) is 7.68. The molecule has 1 aromatic carbocycles. The number of benzene rings is 1. The monoisotopic (exact) mass is 250 g/mol. The van der Waals surface area contributed by atoms with Crippen LogP contribution in [-0.2, 0) is 6.54 Å². The summed E-state index contributed by atoms with van der Waals surface area (Å²) >= 11 is 2.08. The third-order valence-electron chi connectivity index (χ3n) is 3.12. The molecular formula is C14H22N2S. The van der Waals surface area contributed by atoms with Gasteiger partial charge in [0.1, 0.15) is 0 Å². The van der Waals surface area contributed by atoms with Crippen LogP contribution < -0.4 is 10.2 Å². The summed E-state index contributed by atoms with van der Waals surface area (Å²) in [5.74, 6) is 2.57. The molecule has 1 heterocycles. The number of nitrogens with zero attached hydrogens (tertiary/aromatic N) is 1. The molecule has 0 unspecified atom stereocenters. The lowest BCUT2D eigenvalue weighted by molar-refractivity contribution is 0.719. The summed E-state index contributed by atoms with van der Waals surface area (Å²) in [6.45, 7) is 6.57. The number of hydrogen-bond donors (Lipinski definition) is 1. The standard InChI is InChI=1S/C14H22N2S/c1-2-15-12-13-6-3-4-7-14(13)16-8-5-10-17-11-9-16/h3-4,6-7,15H,2,5,8-12H2,1H3. The molecule has 0 radical (unpaired) electrons. The van der Waals surface area contributed by atoms with Gasteiger partial charge in [-0.25, -0.2) is 0 Å². The molecule has 1 aliphatic rings. The molecule has 1 fully saturated rings. The predicted octanol–water partition coefficient (Wildman–Crippen LogP) is 2.74. The molecule has 2 nitrogen and oxygen atoms in total. The number of anilines is 1. The second-order valence-electron chi connectivity index (χ2n) is 4.36. The Labute approximate surface area is 109 Å². The molecule has 0 bridgehead atoms. The lowest BCUT2D eigenvalue weighted by atomic mass is 10.1. The largest absolute Gasteiger partial charge is 0.370 e. The quantitative estimate of drug-likeness (QED) is 0.884. The third-order valence-corrected chi connectivity index (χ3v) is 4.17. The molecule has 0 aromatic heterocycles. The number of nitrogens with one attached hydrogen (secondary N) is 1. The van der Waals surface area contributed by atoms with E-state index in [0.717, 1.165) is 13.1 Å². The van der Waals surface area contributed by atoms with Gasteiger partial charge in [-0.05, 0) is 30.3 Å². The third kappa shape index (κ3) is 3.65. The van der Waals surface area contributed by atoms with Crippen LogP contribution in [0.2, 0.25) is 0 Å². The van der Waals surface area contributed by atoms with Crippen molar-refractivity contribution in [1.82, 2.24) is 5.32 Å². The fourth-order valence-corrected chi connectivity index (χ4v) is 3.10. The Morgan fingerprint density at radius 2 is 2.12 bits per heavy atom. The SMILES string of the molecule is CCNCc1ccccc1N1CCCSCC1. The summed E-state index contributed by atoms with van der Waals surface area (Å²) < 4.78 is 0. The van der Waals surface area contributed by atoms with Gasteiger partial charge in [0, 0.05) is 31.1 Å². The zero-order valence-corrected chi connectivity index (χ0v) is 11.4. The molecule has 1 aromatic rings. The van der Waals surface area contributed by atoms with E-state index >= 15 is 0 Å². The Kier molecular flexibility index (Phi) is 5.20. The van der Waals surface area contributed by atoms with Crippen LogP contribution in [0.1, 0.15) is 18.9 Å². The molecule has 0 saturated carbocycles. The van der Waals surface area contributed by atoms with Gasteiger partial charge in [0.2, 0.25) is 0 Å². The van der Waals surface area contributed by atoms with Crippen LogP contribution in [0, 0.1) is 0 Å². The highest BCUT2D eigenvalue weighted by Crippen LogP contribution is 2.23. The van der Waals surface area contributed by atoms with Crippen molar-refractivity contribution in [2.24, 2.45) is 0 Å². The first-order chi connectivity index (χ1) is 8.42. The highest BCUT2D eigenvalue weighted by atomic mass is 32.2. The summed E-state index contributed by atoms with van der Waals surface area (Å²) in [5.41, 5.74) is 2.86. The molecule has 0 spiro atoms. The highest BCUT2D eigenvalue weighted by Gasteiger charge is 2.12. The van der Waals surface area contributed by atoms with Gasteiger partial charge in [-0.15, -0.1) is 0 Å². The average Bonchev–Trinajstić information content (AvgIpc) is 2.65. The zero-order chi connectivity index (χ0) is 11.9. The van der Waals surface area contributed by atoms with Crippen LogP contribution in [-0.4, -0.2) is 31.1 Å². The summed E-state index contributed by atoms with van der Waals surface area (Å²) in [5, 5.41) is 3.43. The number of hydrogen-bond acceptors (Lipinski definition) is 3. The Bertz CT molecular complexity index is 333. The lowest BCUT2D eigenvalue weighted by Gasteiger charge is -2.25. The van der Waals surface area contributed by atoms with Crippen LogP contribution in [0.3, 0.4) is 0 Å². The molecule has 1 N–H and O–H groups in total. The van der Waals surface area contributed by atoms with Gasteiger partial charge in [-0.3, -0.25) is 0 Å². The summed E-state index contributed by atoms with van der Waals surface area (Å²) in [7, 11) is 0. The Hall–Kier alpha value is -0.670. The van der Waals surface area contributed by atoms with E-state index in [4.69, 9.17) is 0 Å². The van der Waals surface area contributed by atoms with Crippen LogP contribution in [0.4, 0.5) is 5.69 Å². The smallest absolute Gasteiger partial charge is 0.0412 e. The minimum Gasteiger partial charge on any atom is -0.370 e. The van der Waals surface area contributed by atoms with E-state index in [1.165, 1.54) is 42.3 Å². The van der Waals surface area contributed by atoms with Gasteiger partial charge in [0.25, 0.3) is 0 Å². The van der Waals surface area contributed by atoms with Crippen LogP contribution >= 0.6 is 11.8 Å². The van der Waals surface area contributed by atoms with Crippen molar-refractivity contribution in [3.63, 3.8) is 0 Å². The Morgan fingerprint density at radius 3 is 3.00 bits per heavy atom. The molecule has 1 aliphatic heterocycles. The fourth-order valence-electron chi connectivity index (χ4n) is 2.22. The fraction of sp³-hybridized carbons (Fsp3) is 0.571. The van der Waals surface area contributed by atoms with E-state index in [0.29, 0.717) is 0 Å². The van der Waals surface area contributed by atoms with Gasteiger partial charge in [-0.2, -0.15) is 11.8 Å². The minimum absolute atomic E-state index is 0.982. The average molecular weight is 250 g/mol. The minimum atomic E-state index is 0.982. The molecule has 0 aliphatic carbocycles. The molecule has 94 valence electrons. The summed E-state index contributed by atoms with van der Waals surface area (Å²) in [4.78, 5) is 2.55. The van der Waals surface area contributed by atoms with Gasteiger partial charge >= 0.3 is 0 Å². The first kappa shape index (κ1) is 12.8. The van der Waals surface area contributed by atoms with Crippen molar-refractivity contribution in [2.75, 3.05) is 36.0 Å².